The summed E-state index contributed by atoms with van der Waals surface area (Å²) in [6.45, 7) is 1.90. The van der Waals surface area contributed by atoms with Gasteiger partial charge in [-0.2, -0.15) is 4.98 Å². The molecular weight excluding hydrogens is 232 g/mol. The van der Waals surface area contributed by atoms with Crippen molar-refractivity contribution in [1.29, 1.82) is 0 Å². The van der Waals surface area contributed by atoms with Gasteiger partial charge in [-0.25, -0.2) is 14.2 Å². The molecule has 0 amide bonds. The Morgan fingerprint density at radius 2 is 2.00 bits per heavy atom. The Bertz CT molecular complexity index is 700. The highest BCUT2D eigenvalue weighted by molar-refractivity contribution is 5.35. The minimum atomic E-state index is -0.590. The number of nitrogens with one attached hydrogen (secondary N) is 1. The van der Waals surface area contributed by atoms with Crippen LogP contribution in [0.5, 0.6) is 0 Å². The van der Waals surface area contributed by atoms with Crippen LogP contribution in [0.2, 0.25) is 0 Å². The maximum atomic E-state index is 12.1. The zero-order valence-corrected chi connectivity index (χ0v) is 10.5. The van der Waals surface area contributed by atoms with Crippen LogP contribution in [-0.2, 0) is 7.05 Å². The van der Waals surface area contributed by atoms with Gasteiger partial charge >= 0.3 is 11.4 Å². The third-order valence-electron chi connectivity index (χ3n) is 2.67. The molecule has 2 aromatic rings. The smallest absolute Gasteiger partial charge is 0.358 e. The van der Waals surface area contributed by atoms with Crippen molar-refractivity contribution < 1.29 is 0 Å². The van der Waals surface area contributed by atoms with Gasteiger partial charge in [-0.1, -0.05) is 12.1 Å². The second-order valence-electron chi connectivity index (χ2n) is 3.98. The maximum absolute atomic E-state index is 12.1. The summed E-state index contributed by atoms with van der Waals surface area (Å²) in [6.07, 6.45) is 0. The quantitative estimate of drug-likeness (QED) is 0.826. The first kappa shape index (κ1) is 12.1. The Morgan fingerprint density at radius 3 is 2.61 bits per heavy atom. The molecule has 0 saturated heterocycles. The van der Waals surface area contributed by atoms with Gasteiger partial charge in [0.1, 0.15) is 0 Å². The molecule has 0 atom stereocenters. The molecule has 0 unspecified atom stereocenters. The molecule has 1 heterocycles. The van der Waals surface area contributed by atoms with Gasteiger partial charge in [0.25, 0.3) is 0 Å². The van der Waals surface area contributed by atoms with Gasteiger partial charge in [-0.15, -0.1) is 0 Å². The predicted octanol–water partition coefficient (Wildman–Crippen LogP) is 0.281. The summed E-state index contributed by atoms with van der Waals surface area (Å²) in [7, 11) is 3.17. The summed E-state index contributed by atoms with van der Waals surface area (Å²) in [5.41, 5.74) is 0.480. The van der Waals surface area contributed by atoms with Crippen LogP contribution in [0.1, 0.15) is 5.56 Å². The Balaban J connectivity index is 2.77. The Morgan fingerprint density at radius 1 is 1.28 bits per heavy atom. The van der Waals surface area contributed by atoms with Gasteiger partial charge in [0, 0.05) is 14.1 Å². The molecule has 0 aliphatic carbocycles. The molecular formula is C12H14N4O2. The molecule has 94 valence electrons. The molecule has 0 spiro atoms. The van der Waals surface area contributed by atoms with Crippen molar-refractivity contribution in [2.75, 3.05) is 12.4 Å². The molecule has 1 aromatic heterocycles. The van der Waals surface area contributed by atoms with Crippen molar-refractivity contribution in [3.8, 4) is 5.69 Å². The summed E-state index contributed by atoms with van der Waals surface area (Å²) >= 11 is 0. The van der Waals surface area contributed by atoms with E-state index in [4.69, 9.17) is 0 Å². The summed E-state index contributed by atoms with van der Waals surface area (Å²) in [5.74, 6) is 0.244. The van der Waals surface area contributed by atoms with Crippen molar-refractivity contribution in [2.24, 2.45) is 7.05 Å². The van der Waals surface area contributed by atoms with Crippen molar-refractivity contribution in [3.63, 3.8) is 0 Å². The lowest BCUT2D eigenvalue weighted by Gasteiger charge is -2.10. The van der Waals surface area contributed by atoms with E-state index in [-0.39, 0.29) is 5.95 Å². The molecule has 0 radical (unpaired) electrons. The van der Waals surface area contributed by atoms with Crippen LogP contribution in [0, 0.1) is 6.92 Å². The zero-order chi connectivity index (χ0) is 13.3. The minimum absolute atomic E-state index is 0.244. The van der Waals surface area contributed by atoms with Crippen molar-refractivity contribution >= 4 is 5.95 Å². The lowest BCUT2D eigenvalue weighted by Crippen LogP contribution is -2.40. The molecule has 2 rings (SSSR count). The average molecular weight is 246 g/mol. The normalized spacial score (nSPS) is 10.4. The SMILES string of the molecule is CNc1nc(=O)n(-c2cccc(C)c2)c(=O)n1C. The molecule has 0 aliphatic heterocycles. The lowest BCUT2D eigenvalue weighted by molar-refractivity contribution is 0.702. The summed E-state index contributed by atoms with van der Waals surface area (Å²) < 4.78 is 2.34. The van der Waals surface area contributed by atoms with Crippen molar-refractivity contribution in [2.45, 2.75) is 6.92 Å². The molecule has 18 heavy (non-hydrogen) atoms. The first-order chi connectivity index (χ1) is 8.54. The molecule has 6 heteroatoms. The monoisotopic (exact) mass is 246 g/mol. The molecule has 0 bridgehead atoms. The Labute approximate surface area is 104 Å². The largest absolute Gasteiger partial charge is 0.359 e. The maximum Gasteiger partial charge on any atom is 0.359 e. The predicted molar refractivity (Wildman–Crippen MR) is 69.4 cm³/mol. The number of benzene rings is 1. The molecule has 0 fully saturated rings. The number of hydrogen-bond acceptors (Lipinski definition) is 4. The highest BCUT2D eigenvalue weighted by Gasteiger charge is 2.10. The lowest BCUT2D eigenvalue weighted by atomic mass is 10.2. The van der Waals surface area contributed by atoms with Crippen molar-refractivity contribution in [1.82, 2.24) is 14.1 Å². The van der Waals surface area contributed by atoms with E-state index >= 15 is 0 Å². The van der Waals surface area contributed by atoms with Gasteiger partial charge in [0.05, 0.1) is 5.69 Å². The minimum Gasteiger partial charge on any atom is -0.358 e. The van der Waals surface area contributed by atoms with Crippen LogP contribution in [-0.4, -0.2) is 21.2 Å². The van der Waals surface area contributed by atoms with Crippen LogP contribution in [0.4, 0.5) is 5.95 Å². The Hall–Kier alpha value is -2.37. The third kappa shape index (κ3) is 1.92. The van der Waals surface area contributed by atoms with Gasteiger partial charge in [-0.3, -0.25) is 4.57 Å². The second-order valence-corrected chi connectivity index (χ2v) is 3.98. The van der Waals surface area contributed by atoms with E-state index < -0.39 is 11.4 Å². The molecule has 1 aromatic carbocycles. The second kappa shape index (κ2) is 4.48. The van der Waals surface area contributed by atoms with E-state index in [1.165, 1.54) is 4.57 Å². The third-order valence-corrected chi connectivity index (χ3v) is 2.67. The number of rotatable bonds is 2. The number of hydrogen-bond donors (Lipinski definition) is 1. The summed E-state index contributed by atoms with van der Waals surface area (Å²) in [6, 6.07) is 7.16. The van der Waals surface area contributed by atoms with Crippen LogP contribution in [0.25, 0.3) is 5.69 Å². The molecule has 0 saturated carbocycles. The van der Waals surface area contributed by atoms with E-state index in [1.54, 1.807) is 32.3 Å². The summed E-state index contributed by atoms with van der Waals surface area (Å²) in [4.78, 5) is 27.8. The van der Waals surface area contributed by atoms with Crippen LogP contribution < -0.4 is 16.7 Å². The highest BCUT2D eigenvalue weighted by Crippen LogP contribution is 2.05. The van der Waals surface area contributed by atoms with E-state index in [0.29, 0.717) is 5.69 Å². The fraction of sp³-hybridized carbons (Fsp3) is 0.250. The van der Waals surface area contributed by atoms with E-state index in [9.17, 15) is 9.59 Å². The molecule has 6 nitrogen and oxygen atoms in total. The Kier molecular flexibility index (Phi) is 3.01. The number of aromatic nitrogens is 3. The first-order valence-electron chi connectivity index (χ1n) is 5.49. The van der Waals surface area contributed by atoms with Crippen LogP contribution in [0.15, 0.2) is 33.9 Å². The van der Waals surface area contributed by atoms with Gasteiger partial charge in [0.2, 0.25) is 5.95 Å². The van der Waals surface area contributed by atoms with E-state index in [1.807, 2.05) is 13.0 Å². The summed E-state index contributed by atoms with van der Waals surface area (Å²) in [5, 5.41) is 2.71. The van der Waals surface area contributed by atoms with Gasteiger partial charge < -0.3 is 5.32 Å². The van der Waals surface area contributed by atoms with Gasteiger partial charge in [-0.05, 0) is 24.6 Å². The molecule has 1 N–H and O–H groups in total. The highest BCUT2D eigenvalue weighted by atomic mass is 16.2. The molecule has 0 aliphatic rings. The topological polar surface area (TPSA) is 68.9 Å². The standard InChI is InChI=1S/C12H14N4O2/c1-8-5-4-6-9(7-8)16-11(17)14-10(13-2)15(3)12(16)18/h4-7H,1-3H3,(H,13,14,17). The van der Waals surface area contributed by atoms with E-state index in [0.717, 1.165) is 10.1 Å². The van der Waals surface area contributed by atoms with Crippen LogP contribution in [0.3, 0.4) is 0 Å². The first-order valence-corrected chi connectivity index (χ1v) is 5.49. The van der Waals surface area contributed by atoms with Crippen LogP contribution >= 0.6 is 0 Å². The van der Waals surface area contributed by atoms with E-state index in [2.05, 4.69) is 10.3 Å². The van der Waals surface area contributed by atoms with Crippen molar-refractivity contribution in [3.05, 3.63) is 50.8 Å². The average Bonchev–Trinajstić information content (AvgIpc) is 2.34. The number of aryl methyl sites for hydroxylation is 1. The van der Waals surface area contributed by atoms with Gasteiger partial charge in [0.15, 0.2) is 0 Å². The number of nitrogens with zero attached hydrogens (tertiary/aromatic N) is 3. The number of anilines is 1. The fourth-order valence-electron chi connectivity index (χ4n) is 1.75. The fourth-order valence-corrected chi connectivity index (χ4v) is 1.75. The zero-order valence-electron chi connectivity index (χ0n) is 10.5.